The van der Waals surface area contributed by atoms with E-state index >= 15 is 0 Å². The standard InChI is InChI=1S/C38H22BrCl/c39-33-21-10-20-32-35(33)25-12-2-4-15-27(25)37(32)28-16-5-7-18-30(28)38(31-19-8-6-17-29(31)37)26-14-3-1-11-23(26)24-13-9-22-34(40)36(24)38/h1-22H. The van der Waals surface area contributed by atoms with E-state index in [0.29, 0.717) is 0 Å². The fourth-order valence-corrected chi connectivity index (χ4v) is 9.19. The lowest BCUT2D eigenvalue weighted by atomic mass is 9.52. The van der Waals surface area contributed by atoms with Crippen LogP contribution in [-0.4, -0.2) is 0 Å². The highest BCUT2D eigenvalue weighted by atomic mass is 79.9. The molecule has 3 aliphatic rings. The van der Waals surface area contributed by atoms with Crippen molar-refractivity contribution in [1.29, 1.82) is 0 Å². The van der Waals surface area contributed by atoms with Crippen molar-refractivity contribution in [3.05, 3.63) is 187 Å². The van der Waals surface area contributed by atoms with Crippen LogP contribution in [0.4, 0.5) is 0 Å². The Labute approximate surface area is 247 Å². The minimum atomic E-state index is -0.521. The van der Waals surface area contributed by atoms with E-state index in [1.54, 1.807) is 0 Å². The normalized spacial score (nSPS) is 20.4. The highest BCUT2D eigenvalue weighted by molar-refractivity contribution is 9.10. The molecule has 2 spiro atoms. The van der Waals surface area contributed by atoms with E-state index in [9.17, 15) is 0 Å². The molecule has 0 bridgehead atoms. The van der Waals surface area contributed by atoms with Crippen LogP contribution in [0.2, 0.25) is 5.02 Å². The Morgan fingerprint density at radius 2 is 0.850 bits per heavy atom. The molecule has 0 radical (unpaired) electrons. The Balaban J connectivity index is 1.55. The predicted molar refractivity (Wildman–Crippen MR) is 167 cm³/mol. The first kappa shape index (κ1) is 22.9. The molecule has 0 N–H and O–H groups in total. The molecule has 0 aromatic heterocycles. The van der Waals surface area contributed by atoms with Crippen LogP contribution in [0.15, 0.2) is 138 Å². The molecule has 9 rings (SSSR count). The zero-order chi connectivity index (χ0) is 26.6. The van der Waals surface area contributed by atoms with E-state index in [1.807, 2.05) is 0 Å². The van der Waals surface area contributed by atoms with Gasteiger partial charge in [-0.2, -0.15) is 0 Å². The van der Waals surface area contributed by atoms with Gasteiger partial charge in [0, 0.05) is 15.1 Å². The van der Waals surface area contributed by atoms with Gasteiger partial charge in [0.15, 0.2) is 0 Å². The minimum Gasteiger partial charge on any atom is -0.0840 e. The summed E-state index contributed by atoms with van der Waals surface area (Å²) in [6.07, 6.45) is 0. The Morgan fingerprint density at radius 1 is 0.400 bits per heavy atom. The van der Waals surface area contributed by atoms with Gasteiger partial charge >= 0.3 is 0 Å². The van der Waals surface area contributed by atoms with E-state index in [-0.39, 0.29) is 0 Å². The second-order valence-corrected chi connectivity index (χ2v) is 12.3. The Hall–Kier alpha value is -3.91. The SMILES string of the molecule is Clc1cccc2c1C1(c3ccccc3-2)c2ccccc2C2(c3ccccc3-c3c(Br)cccc32)c2ccccc21. The molecule has 6 aromatic carbocycles. The summed E-state index contributed by atoms with van der Waals surface area (Å²) in [4.78, 5) is 0. The topological polar surface area (TPSA) is 0 Å². The number of fused-ring (bicyclic) bond motifs is 16. The quantitative estimate of drug-likeness (QED) is 0.164. The van der Waals surface area contributed by atoms with Crippen LogP contribution in [0, 0.1) is 0 Å². The first-order valence-electron chi connectivity index (χ1n) is 13.7. The summed E-state index contributed by atoms with van der Waals surface area (Å²) in [5, 5.41) is 0.809. The molecule has 0 unspecified atom stereocenters. The van der Waals surface area contributed by atoms with Crippen molar-refractivity contribution in [2.45, 2.75) is 10.8 Å². The number of benzene rings is 6. The lowest BCUT2D eigenvalue weighted by molar-refractivity contribution is 0.633. The molecule has 0 aliphatic heterocycles. The summed E-state index contributed by atoms with van der Waals surface area (Å²) < 4.78 is 1.13. The predicted octanol–water partition coefficient (Wildman–Crippen LogP) is 10.1. The van der Waals surface area contributed by atoms with Crippen LogP contribution in [0.25, 0.3) is 22.3 Å². The van der Waals surface area contributed by atoms with E-state index in [0.717, 1.165) is 9.50 Å². The van der Waals surface area contributed by atoms with Crippen molar-refractivity contribution in [3.8, 4) is 22.3 Å². The first-order chi connectivity index (χ1) is 19.7. The van der Waals surface area contributed by atoms with Gasteiger partial charge in [-0.25, -0.2) is 0 Å². The smallest absolute Gasteiger partial charge is 0.0734 e. The molecule has 0 fully saturated rings. The van der Waals surface area contributed by atoms with Crippen LogP contribution in [0.3, 0.4) is 0 Å². The summed E-state index contributed by atoms with van der Waals surface area (Å²) in [7, 11) is 0. The maximum Gasteiger partial charge on any atom is 0.0734 e. The fraction of sp³-hybridized carbons (Fsp3) is 0.0526. The molecule has 0 nitrogen and oxygen atoms in total. The summed E-state index contributed by atoms with van der Waals surface area (Å²) >= 11 is 11.2. The number of hydrogen-bond acceptors (Lipinski definition) is 0. The van der Waals surface area contributed by atoms with Gasteiger partial charge < -0.3 is 0 Å². The van der Waals surface area contributed by atoms with Gasteiger partial charge in [0.1, 0.15) is 0 Å². The highest BCUT2D eigenvalue weighted by Gasteiger charge is 2.59. The molecule has 3 aliphatic carbocycles. The van der Waals surface area contributed by atoms with E-state index in [2.05, 4.69) is 149 Å². The lowest BCUT2D eigenvalue weighted by Gasteiger charge is -2.49. The number of rotatable bonds is 0. The molecule has 40 heavy (non-hydrogen) atoms. The van der Waals surface area contributed by atoms with E-state index in [4.69, 9.17) is 11.6 Å². The molecule has 0 heterocycles. The Bertz CT molecular complexity index is 2000. The monoisotopic (exact) mass is 592 g/mol. The molecular formula is C38H22BrCl. The van der Waals surface area contributed by atoms with Crippen LogP contribution in [0.5, 0.6) is 0 Å². The highest BCUT2D eigenvalue weighted by Crippen LogP contribution is 2.68. The second-order valence-electron chi connectivity index (χ2n) is 11.0. The van der Waals surface area contributed by atoms with E-state index in [1.165, 1.54) is 66.8 Å². The molecule has 188 valence electrons. The van der Waals surface area contributed by atoms with Crippen molar-refractivity contribution in [3.63, 3.8) is 0 Å². The van der Waals surface area contributed by atoms with Gasteiger partial charge in [-0.05, 0) is 73.3 Å². The van der Waals surface area contributed by atoms with Crippen molar-refractivity contribution in [2.24, 2.45) is 0 Å². The molecule has 2 heteroatoms. The molecule has 0 saturated carbocycles. The molecule has 0 saturated heterocycles. The van der Waals surface area contributed by atoms with Crippen molar-refractivity contribution in [1.82, 2.24) is 0 Å². The van der Waals surface area contributed by atoms with Crippen LogP contribution in [0.1, 0.15) is 44.5 Å². The van der Waals surface area contributed by atoms with Gasteiger partial charge in [0.2, 0.25) is 0 Å². The van der Waals surface area contributed by atoms with Crippen LogP contribution >= 0.6 is 27.5 Å². The third-order valence-electron chi connectivity index (χ3n) is 9.50. The first-order valence-corrected chi connectivity index (χ1v) is 14.8. The van der Waals surface area contributed by atoms with Crippen LogP contribution in [-0.2, 0) is 10.8 Å². The third kappa shape index (κ3) is 2.42. The molecule has 0 atom stereocenters. The lowest BCUT2D eigenvalue weighted by Crippen LogP contribution is -2.43. The van der Waals surface area contributed by atoms with E-state index < -0.39 is 10.8 Å². The van der Waals surface area contributed by atoms with Gasteiger partial charge in [0.05, 0.1) is 10.8 Å². The summed E-state index contributed by atoms with van der Waals surface area (Å²) in [6, 6.07) is 49.1. The van der Waals surface area contributed by atoms with Crippen molar-refractivity contribution < 1.29 is 0 Å². The molecular weight excluding hydrogens is 572 g/mol. The van der Waals surface area contributed by atoms with Gasteiger partial charge in [-0.15, -0.1) is 0 Å². The third-order valence-corrected chi connectivity index (χ3v) is 10.5. The fourth-order valence-electron chi connectivity index (χ4n) is 8.30. The average molecular weight is 594 g/mol. The number of hydrogen-bond donors (Lipinski definition) is 0. The van der Waals surface area contributed by atoms with Gasteiger partial charge in [-0.1, -0.05) is 149 Å². The Morgan fingerprint density at radius 3 is 1.50 bits per heavy atom. The van der Waals surface area contributed by atoms with Gasteiger partial charge in [-0.3, -0.25) is 0 Å². The molecule has 6 aromatic rings. The zero-order valence-corrected chi connectivity index (χ0v) is 23.8. The summed E-state index contributed by atoms with van der Waals surface area (Å²) in [6.45, 7) is 0. The van der Waals surface area contributed by atoms with Gasteiger partial charge in [0.25, 0.3) is 0 Å². The Kier molecular flexibility index (Phi) is 4.48. The largest absolute Gasteiger partial charge is 0.0840 e. The number of halogens is 2. The maximum absolute atomic E-state index is 7.24. The molecule has 0 amide bonds. The summed E-state index contributed by atoms with van der Waals surface area (Å²) in [5.41, 5.74) is 14.5. The second kappa shape index (κ2) is 7.85. The minimum absolute atomic E-state index is 0.451. The summed E-state index contributed by atoms with van der Waals surface area (Å²) in [5.74, 6) is 0. The van der Waals surface area contributed by atoms with Crippen LogP contribution < -0.4 is 0 Å². The average Bonchev–Trinajstić information content (AvgIpc) is 3.47. The van der Waals surface area contributed by atoms with Crippen molar-refractivity contribution in [2.75, 3.05) is 0 Å². The maximum atomic E-state index is 7.24. The van der Waals surface area contributed by atoms with Crippen molar-refractivity contribution >= 4 is 27.5 Å². The zero-order valence-electron chi connectivity index (χ0n) is 21.5.